The van der Waals surface area contributed by atoms with Crippen LogP contribution in [0.4, 0.5) is 37.8 Å². The monoisotopic (exact) mass is 511 g/mol. The fourth-order valence-electron chi connectivity index (χ4n) is 2.47. The molecule has 1 amide bonds. The maximum atomic E-state index is 12.9. The normalized spacial score (nSPS) is 14.2. The average Bonchev–Trinajstić information content (AvgIpc) is 2.70. The fourth-order valence-corrected chi connectivity index (χ4v) is 3.04. The molecule has 0 saturated heterocycles. The van der Waals surface area contributed by atoms with Gasteiger partial charge in [0.25, 0.3) is 0 Å². The molecule has 0 aliphatic rings. The Kier molecular flexibility index (Phi) is 8.31. The van der Waals surface area contributed by atoms with Gasteiger partial charge in [0, 0.05) is 24.2 Å². The molecule has 0 aliphatic heterocycles. The minimum atomic E-state index is -5.35. The van der Waals surface area contributed by atoms with E-state index in [0.29, 0.717) is 5.56 Å². The van der Waals surface area contributed by atoms with E-state index in [2.05, 4.69) is 15.6 Å². The van der Waals surface area contributed by atoms with Crippen LogP contribution in [0, 0.1) is 0 Å². The number of nitrogens with zero attached hydrogens (tertiary/aromatic N) is 1. The van der Waals surface area contributed by atoms with Gasteiger partial charge < -0.3 is 10.6 Å². The predicted molar refractivity (Wildman–Crippen MR) is 116 cm³/mol. The second kappa shape index (κ2) is 10.4. The molecule has 0 radical (unpaired) electrons. The number of halogens is 6. The molecule has 0 spiro atoms. The smallest absolute Gasteiger partial charge is 0.367 e. The molecular formula is C20H21F6N4O3S+. The Labute approximate surface area is 192 Å². The second-order valence-electron chi connectivity index (χ2n) is 7.25. The van der Waals surface area contributed by atoms with Crippen molar-refractivity contribution in [1.29, 1.82) is 0 Å². The summed E-state index contributed by atoms with van der Waals surface area (Å²) in [6.45, 7) is 3.40. The molecule has 1 aromatic heterocycles. The van der Waals surface area contributed by atoms with Crippen LogP contribution in [0.1, 0.15) is 30.7 Å². The topological polar surface area (TPSA) is 103 Å². The van der Waals surface area contributed by atoms with Gasteiger partial charge in [-0.25, -0.2) is 4.98 Å². The molecule has 0 bridgehead atoms. The lowest BCUT2D eigenvalue weighted by Gasteiger charge is -2.14. The van der Waals surface area contributed by atoms with Crippen LogP contribution in [0.25, 0.3) is 6.08 Å². The van der Waals surface area contributed by atoms with Crippen molar-refractivity contribution >= 4 is 33.9 Å². The lowest BCUT2D eigenvalue weighted by Crippen LogP contribution is -2.36. The maximum Gasteiger partial charge on any atom is 0.633 e. The highest BCUT2D eigenvalue weighted by Gasteiger charge is 2.60. The number of anilines is 2. The maximum absolute atomic E-state index is 12.9. The number of carbonyl (C=O) groups excluding carboxylic acids is 1. The van der Waals surface area contributed by atoms with Gasteiger partial charge in [-0.3, -0.25) is 4.79 Å². The summed E-state index contributed by atoms with van der Waals surface area (Å²) in [6.07, 6.45) is -2.25. The van der Waals surface area contributed by atoms with Crippen LogP contribution in [-0.4, -0.2) is 27.0 Å². The number of pyridine rings is 1. The highest BCUT2D eigenvalue weighted by atomic mass is 32.3. The van der Waals surface area contributed by atoms with Crippen LogP contribution in [0.2, 0.25) is 0 Å². The molecule has 7 nitrogen and oxygen atoms in total. The fraction of sp³-hybridized carbons (Fsp3) is 0.300. The molecule has 0 fully saturated rings. The van der Waals surface area contributed by atoms with Crippen molar-refractivity contribution in [2.75, 3.05) is 10.0 Å². The molecule has 14 heteroatoms. The number of carbonyl (C=O) groups is 1. The van der Waals surface area contributed by atoms with E-state index in [1.54, 1.807) is 13.8 Å². The highest BCUT2D eigenvalue weighted by Crippen LogP contribution is 2.31. The molecule has 2 rings (SSSR count). The number of hydrogen-bond acceptors (Lipinski definition) is 4. The third-order valence-corrected chi connectivity index (χ3v) is 5.19. The number of nitrogens with one attached hydrogen (secondary N) is 3. The first kappa shape index (κ1) is 27.1. The van der Waals surface area contributed by atoms with Gasteiger partial charge in [-0.1, -0.05) is 12.1 Å². The zero-order chi connectivity index (χ0) is 25.7. The molecule has 1 heterocycles. The summed E-state index contributed by atoms with van der Waals surface area (Å²) in [6, 6.07) is 6.70. The summed E-state index contributed by atoms with van der Waals surface area (Å²) in [5.41, 5.74) is -5.95. The number of hydrogen-bond donors (Lipinski definition) is 4. The molecule has 34 heavy (non-hydrogen) atoms. The first-order valence-electron chi connectivity index (χ1n) is 9.59. The van der Waals surface area contributed by atoms with Crippen LogP contribution in [0.5, 0.6) is 0 Å². The van der Waals surface area contributed by atoms with Crippen molar-refractivity contribution in [2.45, 2.75) is 38.1 Å². The van der Waals surface area contributed by atoms with E-state index >= 15 is 0 Å². The summed E-state index contributed by atoms with van der Waals surface area (Å²) < 4.78 is 97.8. The van der Waals surface area contributed by atoms with Crippen molar-refractivity contribution in [3.8, 4) is 0 Å². The molecule has 0 aliphatic carbocycles. The lowest BCUT2D eigenvalue weighted by molar-refractivity contribution is -0.141. The molecule has 1 unspecified atom stereocenters. The van der Waals surface area contributed by atoms with Crippen molar-refractivity contribution in [2.24, 2.45) is 0 Å². The Morgan fingerprint density at radius 1 is 1.09 bits per heavy atom. The molecule has 1 aromatic carbocycles. The van der Waals surface area contributed by atoms with Gasteiger partial charge in [-0.15, -0.1) is 13.2 Å². The van der Waals surface area contributed by atoms with Gasteiger partial charge in [0.2, 0.25) is 5.91 Å². The summed E-state index contributed by atoms with van der Waals surface area (Å²) >= 11 is 0. The average molecular weight is 511 g/mol. The van der Waals surface area contributed by atoms with E-state index in [9.17, 15) is 35.3 Å². The Morgan fingerprint density at radius 3 is 2.24 bits per heavy atom. The number of amides is 1. The Bertz CT molecular complexity index is 1090. The van der Waals surface area contributed by atoms with Gasteiger partial charge in [0.05, 0.1) is 5.69 Å². The summed E-state index contributed by atoms with van der Waals surface area (Å²) in [5.74, 6) is -0.635. The molecule has 1 atom stereocenters. The van der Waals surface area contributed by atoms with Gasteiger partial charge >= 0.3 is 22.1 Å². The minimum Gasteiger partial charge on any atom is -0.367 e. The Balaban J connectivity index is 2.02. The highest BCUT2D eigenvalue weighted by molar-refractivity contribution is 7.99. The van der Waals surface area contributed by atoms with Gasteiger partial charge in [0.1, 0.15) is 11.5 Å². The largest absolute Gasteiger partial charge is 0.633 e. The molecule has 186 valence electrons. The second-order valence-corrected chi connectivity index (χ2v) is 8.97. The lowest BCUT2D eigenvalue weighted by atomic mass is 10.2. The number of aromatic nitrogens is 1. The van der Waals surface area contributed by atoms with E-state index in [4.69, 9.17) is 4.55 Å². The molecule has 2 aromatic rings. The van der Waals surface area contributed by atoms with E-state index < -0.39 is 33.7 Å². The number of benzene rings is 1. The van der Waals surface area contributed by atoms with Crippen LogP contribution >= 0.6 is 0 Å². The number of rotatable bonds is 8. The van der Waals surface area contributed by atoms with Crippen molar-refractivity contribution in [3.63, 3.8) is 0 Å². The standard InChI is InChI=1S/C20H20F6N4O3S/c1-12(2)28-18-14(5-9-16(29-18)19(21,22)23)6-10-17(31)27-11-13-3-7-15(8-4-13)30-34(32,33)20(24,25)26/h3-10,12H,11H2,1-2H3,(H3-,27,28,29,30,31,32,33)/p+1. The first-order chi connectivity index (χ1) is 15.6. The van der Waals surface area contributed by atoms with Crippen molar-refractivity contribution in [3.05, 3.63) is 59.3 Å². The summed E-state index contributed by atoms with van der Waals surface area (Å²) in [4.78, 5) is 15.7. The minimum absolute atomic E-state index is 0.0282. The van der Waals surface area contributed by atoms with Crippen LogP contribution in [0.3, 0.4) is 0 Å². The third-order valence-electron chi connectivity index (χ3n) is 4.05. The van der Waals surface area contributed by atoms with E-state index in [1.165, 1.54) is 29.0 Å². The van der Waals surface area contributed by atoms with Gasteiger partial charge in [-0.05, 0) is 54.0 Å². The van der Waals surface area contributed by atoms with E-state index in [0.717, 1.165) is 24.3 Å². The zero-order valence-electron chi connectivity index (χ0n) is 17.8. The van der Waals surface area contributed by atoms with Gasteiger partial charge in [0.15, 0.2) is 0 Å². The number of alkyl halides is 6. The van der Waals surface area contributed by atoms with Crippen LogP contribution < -0.4 is 15.4 Å². The third kappa shape index (κ3) is 7.73. The quantitative estimate of drug-likeness (QED) is 0.225. The van der Waals surface area contributed by atoms with Crippen LogP contribution in [0.15, 0.2) is 42.5 Å². The van der Waals surface area contributed by atoms with Crippen LogP contribution in [-0.2, 0) is 32.1 Å². The Hall–Kier alpha value is -3.13. The Morgan fingerprint density at radius 2 is 1.71 bits per heavy atom. The van der Waals surface area contributed by atoms with E-state index in [-0.39, 0.29) is 29.7 Å². The molecule has 4 N–H and O–H groups in total. The first-order valence-corrected chi connectivity index (χ1v) is 11.1. The van der Waals surface area contributed by atoms with Gasteiger partial charge in [-0.2, -0.15) is 22.4 Å². The predicted octanol–water partition coefficient (Wildman–Crippen LogP) is 5.07. The SMILES string of the molecule is CC(C)Nc1nc(C(F)(F)F)ccc1/C=C/C(=O)NCc1ccc(N[S+](=O)(O)C(F)(F)F)cc1. The molecule has 0 saturated carbocycles. The van der Waals surface area contributed by atoms with E-state index in [1.807, 2.05) is 0 Å². The van der Waals surface area contributed by atoms with Crippen molar-refractivity contribution < 1.29 is 39.9 Å². The van der Waals surface area contributed by atoms with Crippen molar-refractivity contribution in [1.82, 2.24) is 10.3 Å². The molecular weight excluding hydrogens is 490 g/mol. The zero-order valence-corrected chi connectivity index (χ0v) is 18.6. The summed E-state index contributed by atoms with van der Waals surface area (Å²) in [5, 5.41) is 5.29. The summed E-state index contributed by atoms with van der Waals surface area (Å²) in [7, 11) is -5.30.